The summed E-state index contributed by atoms with van der Waals surface area (Å²) in [6, 6.07) is 5.66. The molecule has 0 radical (unpaired) electrons. The molecule has 0 saturated heterocycles. The Morgan fingerprint density at radius 2 is 1.92 bits per heavy atom. The number of fused-ring (bicyclic) bond motifs is 2. The number of aromatic amines is 1. The van der Waals surface area contributed by atoms with Gasteiger partial charge in [-0.3, -0.25) is 4.79 Å². The van der Waals surface area contributed by atoms with Gasteiger partial charge in [0.2, 0.25) is 0 Å². The molecule has 0 amide bonds. The van der Waals surface area contributed by atoms with E-state index >= 15 is 0 Å². The monoisotopic (exact) mass is 382 g/mol. The number of hydrogen-bond donors (Lipinski definition) is 1. The Bertz CT molecular complexity index is 1210. The first-order valence-corrected chi connectivity index (χ1v) is 10.1. The highest BCUT2D eigenvalue weighted by Gasteiger charge is 2.15. The number of aromatic nitrogens is 4. The van der Waals surface area contributed by atoms with E-state index in [4.69, 9.17) is 0 Å². The van der Waals surface area contributed by atoms with Gasteiger partial charge in [0, 0.05) is 10.3 Å². The number of aryl methyl sites for hydroxylation is 4. The van der Waals surface area contributed by atoms with Crippen molar-refractivity contribution in [1.29, 1.82) is 0 Å². The summed E-state index contributed by atoms with van der Waals surface area (Å²) in [5, 5.41) is 2.69. The molecular formula is C19H18N4OS2. The van der Waals surface area contributed by atoms with Gasteiger partial charge in [-0.25, -0.2) is 15.0 Å². The summed E-state index contributed by atoms with van der Waals surface area (Å²) < 4.78 is 0. The van der Waals surface area contributed by atoms with Crippen molar-refractivity contribution in [2.75, 3.05) is 0 Å². The van der Waals surface area contributed by atoms with Crippen LogP contribution < -0.4 is 5.56 Å². The van der Waals surface area contributed by atoms with Gasteiger partial charge in [-0.05, 0) is 44.9 Å². The maximum absolute atomic E-state index is 12.4. The number of thiophene rings is 1. The van der Waals surface area contributed by atoms with E-state index in [1.54, 1.807) is 29.2 Å². The Labute approximate surface area is 158 Å². The minimum Gasteiger partial charge on any atom is -0.309 e. The zero-order chi connectivity index (χ0) is 18.4. The zero-order valence-electron chi connectivity index (χ0n) is 15.0. The maximum atomic E-state index is 12.4. The predicted octanol–water partition coefficient (Wildman–Crippen LogP) is 4.45. The molecule has 0 bridgehead atoms. The lowest BCUT2D eigenvalue weighted by Crippen LogP contribution is -2.11. The minimum atomic E-state index is -0.0964. The smallest absolute Gasteiger partial charge is 0.258 e. The fraction of sp³-hybridized carbons (Fsp3) is 0.263. The van der Waals surface area contributed by atoms with Crippen molar-refractivity contribution < 1.29 is 0 Å². The average Bonchev–Trinajstić information content (AvgIpc) is 2.88. The molecule has 0 saturated carbocycles. The second-order valence-electron chi connectivity index (χ2n) is 6.31. The summed E-state index contributed by atoms with van der Waals surface area (Å²) in [7, 11) is 0. The van der Waals surface area contributed by atoms with Crippen LogP contribution in [0.15, 0.2) is 28.0 Å². The number of benzene rings is 1. The van der Waals surface area contributed by atoms with E-state index in [-0.39, 0.29) is 5.56 Å². The third-order valence-corrected chi connectivity index (χ3v) is 6.53. The van der Waals surface area contributed by atoms with Gasteiger partial charge in [0.25, 0.3) is 5.56 Å². The number of nitrogens with zero attached hydrogens (tertiary/aromatic N) is 3. The first-order chi connectivity index (χ1) is 12.4. The van der Waals surface area contributed by atoms with Crippen LogP contribution in [0.5, 0.6) is 0 Å². The molecule has 3 aromatic heterocycles. The first-order valence-electron chi connectivity index (χ1n) is 8.29. The standard InChI is InChI=1S/C19H18N4OS2/c1-9-6-5-7-13-16(9)22-14(23-17(13)24)8-25-18-15-10(2)11(3)26-19(15)21-12(4)20-18/h5-7H,8H2,1-4H3,(H,22,23,24). The largest absolute Gasteiger partial charge is 0.309 e. The highest BCUT2D eigenvalue weighted by Crippen LogP contribution is 2.35. The lowest BCUT2D eigenvalue weighted by atomic mass is 10.1. The van der Waals surface area contributed by atoms with Crippen LogP contribution in [0.4, 0.5) is 0 Å². The number of hydrogen-bond acceptors (Lipinski definition) is 6. The van der Waals surface area contributed by atoms with Gasteiger partial charge in [0.15, 0.2) is 0 Å². The van der Waals surface area contributed by atoms with Crippen molar-refractivity contribution in [2.24, 2.45) is 0 Å². The van der Waals surface area contributed by atoms with Gasteiger partial charge in [-0.15, -0.1) is 11.3 Å². The van der Waals surface area contributed by atoms with Crippen LogP contribution in [0.1, 0.15) is 27.7 Å². The summed E-state index contributed by atoms with van der Waals surface area (Å²) in [5.74, 6) is 1.98. The molecule has 3 heterocycles. The number of nitrogens with one attached hydrogen (secondary N) is 1. The minimum absolute atomic E-state index is 0.0964. The average molecular weight is 383 g/mol. The molecule has 4 aromatic rings. The normalized spacial score (nSPS) is 11.5. The summed E-state index contributed by atoms with van der Waals surface area (Å²) in [5.41, 5.74) is 2.90. The molecule has 0 aliphatic heterocycles. The van der Waals surface area contributed by atoms with Gasteiger partial charge >= 0.3 is 0 Å². The lowest BCUT2D eigenvalue weighted by molar-refractivity contribution is 1.00. The van der Waals surface area contributed by atoms with Crippen LogP contribution in [-0.4, -0.2) is 19.9 Å². The van der Waals surface area contributed by atoms with E-state index in [1.807, 2.05) is 26.0 Å². The van der Waals surface area contributed by atoms with E-state index in [9.17, 15) is 4.79 Å². The molecule has 0 unspecified atom stereocenters. The van der Waals surface area contributed by atoms with Gasteiger partial charge in [-0.1, -0.05) is 23.9 Å². The number of rotatable bonds is 3. The molecular weight excluding hydrogens is 364 g/mol. The van der Waals surface area contributed by atoms with Crippen LogP contribution in [0.25, 0.3) is 21.1 Å². The van der Waals surface area contributed by atoms with Crippen molar-refractivity contribution in [1.82, 2.24) is 19.9 Å². The van der Waals surface area contributed by atoms with E-state index in [2.05, 4.69) is 33.8 Å². The Balaban J connectivity index is 1.74. The van der Waals surface area contributed by atoms with Crippen molar-refractivity contribution in [2.45, 2.75) is 38.5 Å². The van der Waals surface area contributed by atoms with Crippen LogP contribution in [0.3, 0.4) is 0 Å². The summed E-state index contributed by atoms with van der Waals surface area (Å²) in [4.78, 5) is 31.4. The van der Waals surface area contributed by atoms with Gasteiger partial charge < -0.3 is 4.98 Å². The number of para-hydroxylation sites is 1. The Morgan fingerprint density at radius 1 is 1.12 bits per heavy atom. The topological polar surface area (TPSA) is 71.5 Å². The highest BCUT2D eigenvalue weighted by molar-refractivity contribution is 7.98. The zero-order valence-corrected chi connectivity index (χ0v) is 16.6. The molecule has 1 aromatic carbocycles. The molecule has 0 atom stereocenters. The van der Waals surface area contributed by atoms with E-state index in [1.165, 1.54) is 10.4 Å². The van der Waals surface area contributed by atoms with Crippen molar-refractivity contribution >= 4 is 44.2 Å². The molecule has 7 heteroatoms. The fourth-order valence-corrected chi connectivity index (χ4v) is 5.12. The van der Waals surface area contributed by atoms with Crippen molar-refractivity contribution in [3.8, 4) is 0 Å². The molecule has 0 aliphatic carbocycles. The second-order valence-corrected chi connectivity index (χ2v) is 8.48. The van der Waals surface area contributed by atoms with Gasteiger partial charge in [-0.2, -0.15) is 0 Å². The molecule has 4 rings (SSSR count). The lowest BCUT2D eigenvalue weighted by Gasteiger charge is -2.07. The molecule has 0 spiro atoms. The number of thioether (sulfide) groups is 1. The van der Waals surface area contributed by atoms with Crippen LogP contribution in [0, 0.1) is 27.7 Å². The summed E-state index contributed by atoms with van der Waals surface area (Å²) in [6.07, 6.45) is 0. The molecule has 132 valence electrons. The van der Waals surface area contributed by atoms with Crippen LogP contribution >= 0.6 is 23.1 Å². The summed E-state index contributed by atoms with van der Waals surface area (Å²) >= 11 is 3.29. The summed E-state index contributed by atoms with van der Waals surface area (Å²) in [6.45, 7) is 8.10. The predicted molar refractivity (Wildman–Crippen MR) is 108 cm³/mol. The van der Waals surface area contributed by atoms with Crippen LogP contribution in [-0.2, 0) is 5.75 Å². The van der Waals surface area contributed by atoms with E-state index in [0.717, 1.165) is 32.1 Å². The molecule has 0 aliphatic rings. The molecule has 5 nitrogen and oxygen atoms in total. The fourth-order valence-electron chi connectivity index (χ4n) is 2.98. The molecule has 0 fully saturated rings. The van der Waals surface area contributed by atoms with Crippen molar-refractivity contribution in [3.63, 3.8) is 0 Å². The van der Waals surface area contributed by atoms with Gasteiger partial charge in [0.05, 0.1) is 16.7 Å². The Morgan fingerprint density at radius 3 is 2.73 bits per heavy atom. The van der Waals surface area contributed by atoms with E-state index in [0.29, 0.717) is 17.0 Å². The Hall–Kier alpha value is -2.25. The van der Waals surface area contributed by atoms with E-state index < -0.39 is 0 Å². The highest BCUT2D eigenvalue weighted by atomic mass is 32.2. The quantitative estimate of drug-likeness (QED) is 0.418. The Kier molecular flexibility index (Phi) is 4.28. The van der Waals surface area contributed by atoms with Crippen molar-refractivity contribution in [3.05, 3.63) is 56.2 Å². The third kappa shape index (κ3) is 2.91. The van der Waals surface area contributed by atoms with Gasteiger partial charge in [0.1, 0.15) is 21.5 Å². The maximum Gasteiger partial charge on any atom is 0.258 e. The SMILES string of the molecule is Cc1nc(SCc2nc3c(C)cccc3c(=O)[nH]2)c2c(C)c(C)sc2n1. The number of H-pyrrole nitrogens is 1. The first kappa shape index (κ1) is 17.2. The van der Waals surface area contributed by atoms with Crippen LogP contribution in [0.2, 0.25) is 0 Å². The third-order valence-electron chi connectivity index (χ3n) is 4.44. The second kappa shape index (κ2) is 6.48. The molecule has 1 N–H and O–H groups in total. The molecule has 26 heavy (non-hydrogen) atoms.